The van der Waals surface area contributed by atoms with Crippen LogP contribution in [0.1, 0.15) is 54.2 Å². The molecule has 0 aliphatic heterocycles. The number of amides is 1. The molecule has 0 radical (unpaired) electrons. The van der Waals surface area contributed by atoms with Gasteiger partial charge in [-0.1, -0.05) is 60.7 Å². The van der Waals surface area contributed by atoms with Gasteiger partial charge in [-0.05, 0) is 98.2 Å². The maximum atomic E-state index is 13.9. The van der Waals surface area contributed by atoms with Crippen molar-refractivity contribution in [3.8, 4) is 11.1 Å². The Morgan fingerprint density at radius 2 is 1.60 bits per heavy atom. The highest BCUT2D eigenvalue weighted by atomic mass is 32.2. The van der Waals surface area contributed by atoms with Crippen molar-refractivity contribution in [1.82, 2.24) is 10.3 Å². The van der Waals surface area contributed by atoms with Crippen molar-refractivity contribution in [3.63, 3.8) is 0 Å². The van der Waals surface area contributed by atoms with Crippen molar-refractivity contribution < 1.29 is 23.9 Å². The Balaban J connectivity index is 1.62. The highest BCUT2D eigenvalue weighted by Gasteiger charge is 2.27. The van der Waals surface area contributed by atoms with Gasteiger partial charge in [-0.2, -0.15) is 11.8 Å². The summed E-state index contributed by atoms with van der Waals surface area (Å²) in [6.07, 6.45) is 5.90. The number of benzene rings is 3. The van der Waals surface area contributed by atoms with Crippen LogP contribution in [0.4, 0.5) is 5.69 Å². The number of carbonyl (C=O) groups is 3. The van der Waals surface area contributed by atoms with E-state index in [-0.39, 0.29) is 0 Å². The van der Waals surface area contributed by atoms with E-state index >= 15 is 0 Å². The first-order chi connectivity index (χ1) is 22.6. The summed E-state index contributed by atoms with van der Waals surface area (Å²) >= 11 is 1.56. The van der Waals surface area contributed by atoms with Crippen molar-refractivity contribution in [2.75, 3.05) is 23.7 Å². The molecular weight excluding hydrogens is 611 g/mol. The number of carbonyl (C=O) groups excluding carboxylic acids is 3. The first-order valence-corrected chi connectivity index (χ1v) is 17.0. The second-order valence-corrected chi connectivity index (χ2v) is 13.3. The molecule has 0 aliphatic carbocycles. The summed E-state index contributed by atoms with van der Waals surface area (Å²) in [5.74, 6) is -0.908. The molecule has 0 bridgehead atoms. The number of rotatable bonds is 14. The van der Waals surface area contributed by atoms with Crippen molar-refractivity contribution in [2.45, 2.75) is 53.2 Å². The van der Waals surface area contributed by atoms with E-state index in [9.17, 15) is 14.4 Å². The maximum Gasteiger partial charge on any atom is 0.331 e. The van der Waals surface area contributed by atoms with Gasteiger partial charge in [0.1, 0.15) is 6.04 Å². The van der Waals surface area contributed by atoms with Gasteiger partial charge >= 0.3 is 11.9 Å². The van der Waals surface area contributed by atoms with E-state index in [1.807, 2.05) is 92.2 Å². The average Bonchev–Trinajstić information content (AvgIpc) is 3.06. The lowest BCUT2D eigenvalue weighted by molar-refractivity contribution is -0.174. The predicted octanol–water partition coefficient (Wildman–Crippen LogP) is 7.21. The highest BCUT2D eigenvalue weighted by Crippen LogP contribution is 2.30. The third-order valence-corrected chi connectivity index (χ3v) is 8.21. The maximum absolute atomic E-state index is 13.9. The molecule has 8 nitrogen and oxygen atoms in total. The monoisotopic (exact) mass is 653 g/mol. The molecule has 47 heavy (non-hydrogen) atoms. The topological polar surface area (TPSA) is 97.8 Å². The van der Waals surface area contributed by atoms with Crippen molar-refractivity contribution >= 4 is 35.3 Å². The minimum Gasteiger partial charge on any atom is -0.427 e. The molecule has 0 unspecified atom stereocenters. The molecule has 1 heterocycles. The van der Waals surface area contributed by atoms with Gasteiger partial charge < -0.3 is 19.7 Å². The summed E-state index contributed by atoms with van der Waals surface area (Å²) in [4.78, 5) is 45.7. The number of pyridine rings is 1. The van der Waals surface area contributed by atoms with E-state index in [2.05, 4.69) is 27.3 Å². The summed E-state index contributed by atoms with van der Waals surface area (Å²) in [5.41, 5.74) is 5.59. The molecule has 0 saturated carbocycles. The predicted molar refractivity (Wildman–Crippen MR) is 188 cm³/mol. The number of aromatic nitrogens is 1. The van der Waals surface area contributed by atoms with Crippen molar-refractivity contribution in [2.24, 2.45) is 5.41 Å². The zero-order chi connectivity index (χ0) is 33.8. The van der Waals surface area contributed by atoms with E-state index in [4.69, 9.17) is 9.47 Å². The van der Waals surface area contributed by atoms with Crippen LogP contribution in [-0.2, 0) is 32.2 Å². The summed E-state index contributed by atoms with van der Waals surface area (Å²) < 4.78 is 10.4. The number of esters is 2. The van der Waals surface area contributed by atoms with Crippen LogP contribution in [0.15, 0.2) is 97.3 Å². The molecular formula is C38H43N3O5S. The van der Waals surface area contributed by atoms with Gasteiger partial charge in [-0.3, -0.25) is 14.6 Å². The summed E-state index contributed by atoms with van der Waals surface area (Å²) in [6.45, 7) is 7.91. The fraction of sp³-hybridized carbons (Fsp3) is 0.316. The number of aryl methyl sites for hydroxylation is 1. The van der Waals surface area contributed by atoms with E-state index in [1.165, 1.54) is 5.56 Å². The third-order valence-electron chi connectivity index (χ3n) is 7.57. The van der Waals surface area contributed by atoms with Crippen LogP contribution < -0.4 is 10.2 Å². The van der Waals surface area contributed by atoms with Gasteiger partial charge in [0.15, 0.2) is 0 Å². The van der Waals surface area contributed by atoms with E-state index in [0.717, 1.165) is 27.9 Å². The van der Waals surface area contributed by atoms with Crippen LogP contribution in [-0.4, -0.2) is 47.7 Å². The Hall–Kier alpha value is -4.63. The molecule has 1 aromatic heterocycles. The molecule has 1 N–H and O–H groups in total. The second kappa shape index (κ2) is 16.8. The first kappa shape index (κ1) is 35.2. The average molecular weight is 654 g/mol. The molecule has 4 aromatic rings. The number of nitrogens with zero attached hydrogens (tertiary/aromatic N) is 2. The van der Waals surface area contributed by atoms with Crippen LogP contribution >= 0.6 is 11.8 Å². The summed E-state index contributed by atoms with van der Waals surface area (Å²) in [6, 6.07) is 27.0. The van der Waals surface area contributed by atoms with Crippen LogP contribution in [0, 0.1) is 12.3 Å². The first-order valence-electron chi connectivity index (χ1n) is 15.6. The lowest BCUT2D eigenvalue weighted by Crippen LogP contribution is -2.43. The van der Waals surface area contributed by atoms with E-state index in [0.29, 0.717) is 30.8 Å². The van der Waals surface area contributed by atoms with Crippen LogP contribution in [0.25, 0.3) is 11.1 Å². The van der Waals surface area contributed by atoms with Gasteiger partial charge in [-0.25, -0.2) is 4.79 Å². The fourth-order valence-electron chi connectivity index (χ4n) is 4.97. The molecule has 0 fully saturated rings. The Kier molecular flexibility index (Phi) is 12.6. The molecule has 4 rings (SSSR count). The molecule has 9 heteroatoms. The zero-order valence-electron chi connectivity index (χ0n) is 27.7. The third kappa shape index (κ3) is 10.2. The van der Waals surface area contributed by atoms with Crippen molar-refractivity contribution in [1.29, 1.82) is 0 Å². The highest BCUT2D eigenvalue weighted by molar-refractivity contribution is 7.98. The number of thioether (sulfide) groups is 1. The van der Waals surface area contributed by atoms with E-state index in [1.54, 1.807) is 38.7 Å². The standard InChI is InChI=1S/C38H43N3O5S/c1-27-12-9-10-16-31(27)33-22-29(25-41(30-15-11-20-39-23-30)24-28-13-7-6-8-14-28)17-18-32(33)35(42)40-34(19-21-47-5)36(43)45-26-46-37(44)38(2,3)4/h6-18,20,22-23,34H,19,21,24-26H2,1-5H3,(H,40,42)/t34-/m0/s1. The number of nitrogens with one attached hydrogen (secondary N) is 1. The Labute approximate surface area is 281 Å². The van der Waals surface area contributed by atoms with Gasteiger partial charge in [0.05, 0.1) is 17.3 Å². The number of hydrogen-bond acceptors (Lipinski definition) is 8. The van der Waals surface area contributed by atoms with Gasteiger partial charge in [0, 0.05) is 24.8 Å². The van der Waals surface area contributed by atoms with Crippen molar-refractivity contribution in [3.05, 3.63) is 120 Å². The Bertz CT molecular complexity index is 1640. The molecule has 1 atom stereocenters. The van der Waals surface area contributed by atoms with Crippen LogP contribution in [0.5, 0.6) is 0 Å². The second-order valence-electron chi connectivity index (χ2n) is 12.3. The largest absolute Gasteiger partial charge is 0.427 e. The summed E-state index contributed by atoms with van der Waals surface area (Å²) in [5, 5.41) is 2.90. The molecule has 246 valence electrons. The minimum atomic E-state index is -0.917. The molecule has 1 amide bonds. The van der Waals surface area contributed by atoms with E-state index < -0.39 is 36.1 Å². The van der Waals surface area contributed by atoms with Gasteiger partial charge in [-0.15, -0.1) is 0 Å². The normalized spacial score (nSPS) is 11.8. The van der Waals surface area contributed by atoms with Gasteiger partial charge in [0.25, 0.3) is 5.91 Å². The number of anilines is 1. The van der Waals surface area contributed by atoms with Gasteiger partial charge in [0.2, 0.25) is 6.79 Å². The molecule has 0 aliphatic rings. The number of ether oxygens (including phenoxy) is 2. The lowest BCUT2D eigenvalue weighted by atomic mass is 9.93. The Morgan fingerprint density at radius 3 is 2.28 bits per heavy atom. The quantitative estimate of drug-likeness (QED) is 0.113. The minimum absolute atomic E-state index is 0.357. The smallest absolute Gasteiger partial charge is 0.331 e. The summed E-state index contributed by atoms with van der Waals surface area (Å²) in [7, 11) is 0. The van der Waals surface area contributed by atoms with Crippen LogP contribution in [0.3, 0.4) is 0 Å². The van der Waals surface area contributed by atoms with Crippen LogP contribution in [0.2, 0.25) is 0 Å². The molecule has 0 spiro atoms. The number of hydrogen-bond donors (Lipinski definition) is 1. The molecule has 3 aromatic carbocycles. The lowest BCUT2D eigenvalue weighted by Gasteiger charge is -2.26. The fourth-order valence-corrected chi connectivity index (χ4v) is 5.44. The Morgan fingerprint density at radius 1 is 0.872 bits per heavy atom. The zero-order valence-corrected chi connectivity index (χ0v) is 28.5. The SMILES string of the molecule is CSCC[C@H](NC(=O)c1ccc(CN(Cc2ccccc2)c2cccnc2)cc1-c1ccccc1C)C(=O)OCOC(=O)C(C)(C)C. The molecule has 0 saturated heterocycles.